The molecule has 2 aromatic carbocycles. The van der Waals surface area contributed by atoms with Gasteiger partial charge in [0.15, 0.2) is 5.78 Å². The van der Waals surface area contributed by atoms with Gasteiger partial charge in [0, 0.05) is 35.1 Å². The van der Waals surface area contributed by atoms with Crippen molar-refractivity contribution in [1.29, 1.82) is 0 Å². The van der Waals surface area contributed by atoms with Gasteiger partial charge >= 0.3 is 0 Å². The highest BCUT2D eigenvalue weighted by Crippen LogP contribution is 2.45. The lowest BCUT2D eigenvalue weighted by atomic mass is 9.77. The first-order valence-electron chi connectivity index (χ1n) is 8.76. The highest BCUT2D eigenvalue weighted by Gasteiger charge is 2.40. The molecule has 0 fully saturated rings. The number of carbonyl (C=O) groups is 2. The molecule has 2 aliphatic rings. The monoisotopic (exact) mass is 403 g/mol. The van der Waals surface area contributed by atoms with Gasteiger partial charge in [-0.3, -0.25) is 14.5 Å². The minimum Gasteiger partial charge on any atom is -0.294 e. The Balaban J connectivity index is 1.90. The van der Waals surface area contributed by atoms with Crippen LogP contribution < -0.4 is 4.90 Å². The molecule has 0 saturated carbocycles. The van der Waals surface area contributed by atoms with E-state index in [0.717, 1.165) is 0 Å². The maximum absolute atomic E-state index is 14.4. The summed E-state index contributed by atoms with van der Waals surface area (Å²) in [5, 5.41) is 0.802. The van der Waals surface area contributed by atoms with E-state index < -0.39 is 11.7 Å². The molecule has 6 heteroatoms. The summed E-state index contributed by atoms with van der Waals surface area (Å²) in [5.74, 6) is -1.21. The van der Waals surface area contributed by atoms with Crippen LogP contribution in [-0.4, -0.2) is 11.7 Å². The average Bonchev–Trinajstić information content (AvgIpc) is 2.63. The number of amides is 1. The first kappa shape index (κ1) is 18.2. The lowest BCUT2D eigenvalue weighted by Crippen LogP contribution is -2.40. The van der Waals surface area contributed by atoms with E-state index in [2.05, 4.69) is 0 Å². The van der Waals surface area contributed by atoms with Gasteiger partial charge in [-0.1, -0.05) is 41.4 Å². The second kappa shape index (κ2) is 7.10. The van der Waals surface area contributed by atoms with Crippen molar-refractivity contribution >= 4 is 40.6 Å². The van der Waals surface area contributed by atoms with Crippen LogP contribution in [0.1, 0.15) is 37.2 Å². The quantitative estimate of drug-likeness (QED) is 0.648. The summed E-state index contributed by atoms with van der Waals surface area (Å²) in [6.07, 6.45) is 1.64. The second-order valence-corrected chi connectivity index (χ2v) is 7.58. The normalized spacial score (nSPS) is 20.1. The highest BCUT2D eigenvalue weighted by molar-refractivity contribution is 6.37. The average molecular weight is 404 g/mol. The third kappa shape index (κ3) is 3.17. The van der Waals surface area contributed by atoms with Crippen LogP contribution >= 0.6 is 23.2 Å². The van der Waals surface area contributed by atoms with Crippen molar-refractivity contribution in [2.45, 2.75) is 31.6 Å². The van der Waals surface area contributed by atoms with E-state index in [9.17, 15) is 14.0 Å². The van der Waals surface area contributed by atoms with Crippen molar-refractivity contribution in [2.24, 2.45) is 0 Å². The number of allylic oxidation sites excluding steroid dienone is 2. The number of halogens is 3. The number of rotatable bonds is 2. The molecule has 27 heavy (non-hydrogen) atoms. The van der Waals surface area contributed by atoms with E-state index in [1.54, 1.807) is 36.4 Å². The van der Waals surface area contributed by atoms with Gasteiger partial charge in [-0.2, -0.15) is 0 Å². The van der Waals surface area contributed by atoms with Crippen molar-refractivity contribution in [3.63, 3.8) is 0 Å². The van der Waals surface area contributed by atoms with Crippen LogP contribution in [0, 0.1) is 5.82 Å². The molecule has 1 heterocycles. The van der Waals surface area contributed by atoms with Crippen molar-refractivity contribution in [3.8, 4) is 0 Å². The second-order valence-electron chi connectivity index (χ2n) is 6.74. The number of nitrogens with zero attached hydrogens (tertiary/aromatic N) is 1. The molecule has 1 atom stereocenters. The van der Waals surface area contributed by atoms with Crippen molar-refractivity contribution < 1.29 is 14.0 Å². The number of hydrogen-bond donors (Lipinski definition) is 0. The zero-order chi connectivity index (χ0) is 19.1. The van der Waals surface area contributed by atoms with Gasteiger partial charge < -0.3 is 0 Å². The molecule has 1 amide bonds. The summed E-state index contributed by atoms with van der Waals surface area (Å²) in [6.45, 7) is 0. The lowest BCUT2D eigenvalue weighted by molar-refractivity contribution is -0.119. The topological polar surface area (TPSA) is 37.4 Å². The fraction of sp³-hybridized carbons (Fsp3) is 0.238. The predicted octanol–water partition coefficient (Wildman–Crippen LogP) is 5.66. The van der Waals surface area contributed by atoms with Crippen LogP contribution in [0.4, 0.5) is 10.1 Å². The molecule has 2 aromatic rings. The third-order valence-corrected chi connectivity index (χ3v) is 5.64. The molecule has 1 unspecified atom stereocenters. The third-order valence-electron chi connectivity index (χ3n) is 5.11. The summed E-state index contributed by atoms with van der Waals surface area (Å²) in [5.41, 5.74) is 2.03. The predicted molar refractivity (Wildman–Crippen MR) is 104 cm³/mol. The Hall–Kier alpha value is -2.17. The van der Waals surface area contributed by atoms with E-state index in [1.807, 2.05) is 0 Å². The molecule has 0 radical (unpaired) electrons. The molecule has 138 valence electrons. The molecule has 0 bridgehead atoms. The lowest BCUT2D eigenvalue weighted by Gasteiger charge is -2.38. The highest BCUT2D eigenvalue weighted by atomic mass is 35.5. The molecule has 1 aliphatic carbocycles. The van der Waals surface area contributed by atoms with Gasteiger partial charge in [0.1, 0.15) is 5.82 Å². The summed E-state index contributed by atoms with van der Waals surface area (Å²) < 4.78 is 14.4. The molecule has 0 saturated heterocycles. The van der Waals surface area contributed by atoms with Crippen molar-refractivity contribution in [3.05, 3.63) is 75.2 Å². The minimum absolute atomic E-state index is 0.0183. The Bertz CT molecular complexity index is 986. The Labute approximate surface area is 166 Å². The van der Waals surface area contributed by atoms with Gasteiger partial charge in [0.25, 0.3) is 0 Å². The Morgan fingerprint density at radius 2 is 1.81 bits per heavy atom. The zero-order valence-corrected chi connectivity index (χ0v) is 15.9. The maximum Gasteiger partial charge on any atom is 0.232 e. The zero-order valence-electron chi connectivity index (χ0n) is 14.3. The van der Waals surface area contributed by atoms with E-state index in [1.165, 1.54) is 11.0 Å². The molecule has 0 aromatic heterocycles. The fourth-order valence-corrected chi connectivity index (χ4v) is 4.45. The standard InChI is InChI=1S/C21H16Cl2FNO2/c22-12-8-9-17(15(23)10-12)25-18-6-3-7-19(26)21(18)14(11-20(25)27)13-4-1-2-5-16(13)24/h1-2,4-5,8-10,14H,3,6-7,11H2. The Morgan fingerprint density at radius 1 is 1.04 bits per heavy atom. The van der Waals surface area contributed by atoms with Crippen LogP contribution in [-0.2, 0) is 9.59 Å². The maximum atomic E-state index is 14.4. The molecule has 0 N–H and O–H groups in total. The molecule has 4 rings (SSSR count). The first-order valence-corrected chi connectivity index (χ1v) is 9.51. The fourth-order valence-electron chi connectivity index (χ4n) is 3.96. The molecule has 0 spiro atoms. The van der Waals surface area contributed by atoms with E-state index in [-0.39, 0.29) is 18.1 Å². The van der Waals surface area contributed by atoms with Gasteiger partial charge in [-0.15, -0.1) is 0 Å². The van der Waals surface area contributed by atoms with E-state index >= 15 is 0 Å². The van der Waals surface area contributed by atoms with Gasteiger partial charge in [0.05, 0.1) is 10.7 Å². The van der Waals surface area contributed by atoms with Gasteiger partial charge in [0.2, 0.25) is 5.91 Å². The summed E-state index contributed by atoms with van der Waals surface area (Å²) >= 11 is 12.3. The molecule has 1 aliphatic heterocycles. The summed E-state index contributed by atoms with van der Waals surface area (Å²) in [7, 11) is 0. The number of hydrogen-bond acceptors (Lipinski definition) is 2. The van der Waals surface area contributed by atoms with Crippen LogP contribution in [0.2, 0.25) is 10.0 Å². The van der Waals surface area contributed by atoms with Crippen LogP contribution in [0.3, 0.4) is 0 Å². The van der Waals surface area contributed by atoms with Gasteiger partial charge in [-0.25, -0.2) is 4.39 Å². The van der Waals surface area contributed by atoms with Crippen molar-refractivity contribution in [1.82, 2.24) is 0 Å². The summed E-state index contributed by atoms with van der Waals surface area (Å²) in [6, 6.07) is 11.2. The van der Waals surface area contributed by atoms with Crippen LogP contribution in [0.15, 0.2) is 53.7 Å². The number of benzene rings is 2. The summed E-state index contributed by atoms with van der Waals surface area (Å²) in [4.78, 5) is 27.3. The largest absolute Gasteiger partial charge is 0.294 e. The Kier molecular flexibility index (Phi) is 4.79. The SMILES string of the molecule is O=C1CCCC2=C1C(c1ccccc1F)CC(=O)N2c1ccc(Cl)cc1Cl. The number of Topliss-reactive ketones (excluding diaryl/α,β-unsaturated/α-hetero) is 1. The Morgan fingerprint density at radius 3 is 2.56 bits per heavy atom. The minimum atomic E-state index is -0.566. The van der Waals surface area contributed by atoms with Gasteiger partial charge in [-0.05, 0) is 42.7 Å². The molecular weight excluding hydrogens is 388 g/mol. The number of ketones is 1. The van der Waals surface area contributed by atoms with E-state index in [4.69, 9.17) is 23.2 Å². The number of carbonyl (C=O) groups excluding carboxylic acids is 2. The van der Waals surface area contributed by atoms with Crippen LogP contribution in [0.25, 0.3) is 0 Å². The molecule has 3 nitrogen and oxygen atoms in total. The number of anilines is 1. The molecular formula is C21H16Cl2FNO2. The van der Waals surface area contributed by atoms with Crippen molar-refractivity contribution in [2.75, 3.05) is 4.90 Å². The van der Waals surface area contributed by atoms with E-state index in [0.29, 0.717) is 51.8 Å². The van der Waals surface area contributed by atoms with Crippen LogP contribution in [0.5, 0.6) is 0 Å². The first-order chi connectivity index (χ1) is 13.0. The smallest absolute Gasteiger partial charge is 0.232 e.